The number of carbonyl (C=O) groups is 1. The summed E-state index contributed by atoms with van der Waals surface area (Å²) in [6, 6.07) is 5.16. The molecular formula is C22H11F6N3O3. The van der Waals surface area contributed by atoms with Crippen molar-refractivity contribution in [1.29, 1.82) is 0 Å². The quantitative estimate of drug-likeness (QED) is 0.301. The zero-order valence-corrected chi connectivity index (χ0v) is 16.7. The second kappa shape index (κ2) is 8.61. The summed E-state index contributed by atoms with van der Waals surface area (Å²) in [4.78, 5) is 30.2. The van der Waals surface area contributed by atoms with Crippen molar-refractivity contribution in [2.45, 2.75) is 12.7 Å². The predicted molar refractivity (Wildman–Crippen MR) is 106 cm³/mol. The molecule has 0 aliphatic rings. The Hall–Kier alpha value is -4.22. The maximum absolute atomic E-state index is 14.1. The minimum Gasteiger partial charge on any atom is -0.438 e. The molecule has 0 atom stereocenters. The Kier molecular flexibility index (Phi) is 5.82. The number of hydrogen-bond donors (Lipinski definition) is 0. The van der Waals surface area contributed by atoms with Gasteiger partial charge in [0.05, 0.1) is 23.8 Å². The van der Waals surface area contributed by atoms with Crippen LogP contribution in [-0.2, 0) is 12.7 Å². The molecule has 174 valence electrons. The van der Waals surface area contributed by atoms with E-state index in [1.54, 1.807) is 0 Å². The molecule has 0 radical (unpaired) electrons. The Balaban J connectivity index is 1.75. The lowest BCUT2D eigenvalue weighted by Crippen LogP contribution is -2.14. The first-order valence-electron chi connectivity index (χ1n) is 9.39. The number of fused-ring (bicyclic) bond motifs is 1. The zero-order chi connectivity index (χ0) is 24.6. The van der Waals surface area contributed by atoms with E-state index < -0.39 is 52.7 Å². The molecule has 0 saturated carbocycles. The molecule has 0 fully saturated rings. The topological polar surface area (TPSA) is 74.1 Å². The predicted octanol–water partition coefficient (Wildman–Crippen LogP) is 4.88. The number of pyridine rings is 1. The van der Waals surface area contributed by atoms with Gasteiger partial charge in [-0.1, -0.05) is 0 Å². The van der Waals surface area contributed by atoms with Crippen molar-refractivity contribution in [1.82, 2.24) is 14.5 Å². The molecule has 0 N–H and O–H groups in total. The van der Waals surface area contributed by atoms with Crippen LogP contribution >= 0.6 is 0 Å². The fraction of sp³-hybridized carbons (Fsp3) is 0.0909. The molecular weight excluding hydrogens is 468 g/mol. The maximum atomic E-state index is 14.1. The van der Waals surface area contributed by atoms with Crippen molar-refractivity contribution in [2.75, 3.05) is 0 Å². The number of hydrogen-bond acceptors (Lipinski definition) is 5. The van der Waals surface area contributed by atoms with Crippen LogP contribution in [0.25, 0.3) is 10.9 Å². The van der Waals surface area contributed by atoms with Gasteiger partial charge in [0.25, 0.3) is 5.56 Å². The maximum Gasteiger partial charge on any atom is 0.421 e. The Labute approximate surface area is 186 Å². The van der Waals surface area contributed by atoms with Crippen LogP contribution in [0, 0.1) is 17.5 Å². The SMILES string of the molecule is O=Cc1cnc(Oc2ccc3c(c2)c(=O)ncn3Cc2c(F)cc(F)cc2F)c(C(F)(F)F)c1. The molecule has 2 aromatic heterocycles. The van der Waals surface area contributed by atoms with E-state index in [1.165, 1.54) is 16.7 Å². The first-order valence-corrected chi connectivity index (χ1v) is 9.39. The average molecular weight is 479 g/mol. The van der Waals surface area contributed by atoms with Crippen LogP contribution in [0.3, 0.4) is 0 Å². The minimum absolute atomic E-state index is 0.124. The molecule has 4 rings (SSSR count). The monoisotopic (exact) mass is 479 g/mol. The highest BCUT2D eigenvalue weighted by Crippen LogP contribution is 2.37. The molecule has 0 aliphatic carbocycles. The van der Waals surface area contributed by atoms with Gasteiger partial charge in [0.2, 0.25) is 5.88 Å². The van der Waals surface area contributed by atoms with Crippen LogP contribution in [0.15, 0.2) is 53.7 Å². The molecule has 0 spiro atoms. The molecule has 4 aromatic rings. The molecule has 0 aliphatic heterocycles. The second-order valence-electron chi connectivity index (χ2n) is 7.04. The summed E-state index contributed by atoms with van der Waals surface area (Å²) in [6.45, 7) is -0.450. The highest BCUT2D eigenvalue weighted by Gasteiger charge is 2.36. The first-order chi connectivity index (χ1) is 16.1. The van der Waals surface area contributed by atoms with E-state index in [2.05, 4.69) is 9.97 Å². The molecule has 2 heterocycles. The lowest BCUT2D eigenvalue weighted by atomic mass is 10.1. The largest absolute Gasteiger partial charge is 0.438 e. The smallest absolute Gasteiger partial charge is 0.421 e. The van der Waals surface area contributed by atoms with Crippen molar-refractivity contribution in [3.05, 3.63) is 93.4 Å². The number of carbonyl (C=O) groups excluding carboxylic acids is 1. The van der Waals surface area contributed by atoms with Gasteiger partial charge < -0.3 is 9.30 Å². The molecule has 6 nitrogen and oxygen atoms in total. The van der Waals surface area contributed by atoms with Gasteiger partial charge in [0, 0.05) is 29.5 Å². The summed E-state index contributed by atoms with van der Waals surface area (Å²) in [6.07, 6.45) is -2.77. The van der Waals surface area contributed by atoms with E-state index in [0.29, 0.717) is 18.2 Å². The van der Waals surface area contributed by atoms with Crippen molar-refractivity contribution in [3.8, 4) is 11.6 Å². The summed E-state index contributed by atoms with van der Waals surface area (Å²) >= 11 is 0. The number of rotatable bonds is 5. The molecule has 0 bridgehead atoms. The fourth-order valence-electron chi connectivity index (χ4n) is 3.20. The molecule has 12 heteroatoms. The zero-order valence-electron chi connectivity index (χ0n) is 16.7. The van der Waals surface area contributed by atoms with Gasteiger partial charge in [0.1, 0.15) is 28.8 Å². The molecule has 0 saturated heterocycles. The van der Waals surface area contributed by atoms with Crippen LogP contribution in [0.2, 0.25) is 0 Å². The molecule has 34 heavy (non-hydrogen) atoms. The van der Waals surface area contributed by atoms with Gasteiger partial charge in [0.15, 0.2) is 6.29 Å². The Morgan fingerprint density at radius 3 is 2.35 bits per heavy atom. The summed E-state index contributed by atoms with van der Waals surface area (Å²) in [5.41, 5.74) is -2.75. The van der Waals surface area contributed by atoms with Gasteiger partial charge in [-0.25, -0.2) is 18.2 Å². The highest BCUT2D eigenvalue weighted by atomic mass is 19.4. The van der Waals surface area contributed by atoms with Gasteiger partial charge in [-0.05, 0) is 24.3 Å². The van der Waals surface area contributed by atoms with Gasteiger partial charge in [-0.2, -0.15) is 18.2 Å². The number of aromatic nitrogens is 3. The summed E-state index contributed by atoms with van der Waals surface area (Å²) < 4.78 is 87.8. The Morgan fingerprint density at radius 2 is 1.71 bits per heavy atom. The first kappa shape index (κ1) is 23.0. The lowest BCUT2D eigenvalue weighted by Gasteiger charge is -2.14. The number of nitrogens with zero attached hydrogens (tertiary/aromatic N) is 3. The summed E-state index contributed by atoms with van der Waals surface area (Å²) in [5, 5.41) is -0.124. The fourth-order valence-corrected chi connectivity index (χ4v) is 3.20. The second-order valence-corrected chi connectivity index (χ2v) is 7.04. The normalized spacial score (nSPS) is 11.6. The van der Waals surface area contributed by atoms with E-state index in [9.17, 15) is 35.9 Å². The van der Waals surface area contributed by atoms with Crippen LogP contribution in [0.4, 0.5) is 26.3 Å². The Bertz CT molecular complexity index is 1460. The summed E-state index contributed by atoms with van der Waals surface area (Å²) in [5.74, 6) is -4.45. The lowest BCUT2D eigenvalue weighted by molar-refractivity contribution is -0.138. The van der Waals surface area contributed by atoms with Crippen molar-refractivity contribution < 1.29 is 35.9 Å². The van der Waals surface area contributed by atoms with Crippen LogP contribution in [0.1, 0.15) is 21.5 Å². The van der Waals surface area contributed by atoms with E-state index in [0.717, 1.165) is 18.6 Å². The average Bonchev–Trinajstić information content (AvgIpc) is 2.77. The number of halogens is 6. The van der Waals surface area contributed by atoms with Crippen molar-refractivity contribution >= 4 is 17.2 Å². The third-order valence-corrected chi connectivity index (χ3v) is 4.78. The van der Waals surface area contributed by atoms with Crippen molar-refractivity contribution in [3.63, 3.8) is 0 Å². The van der Waals surface area contributed by atoms with Crippen LogP contribution in [0.5, 0.6) is 11.6 Å². The van der Waals surface area contributed by atoms with Crippen molar-refractivity contribution in [2.24, 2.45) is 0 Å². The van der Waals surface area contributed by atoms with Gasteiger partial charge >= 0.3 is 6.18 Å². The number of aldehydes is 1. The van der Waals surface area contributed by atoms with E-state index in [1.807, 2.05) is 0 Å². The van der Waals surface area contributed by atoms with E-state index in [4.69, 9.17) is 4.74 Å². The van der Waals surface area contributed by atoms with Gasteiger partial charge in [-0.15, -0.1) is 0 Å². The standard InChI is InChI=1S/C22H11F6N3O3/c23-12-4-17(24)15(18(25)5-12)8-31-10-30-20(33)14-6-13(1-2-19(14)31)34-21-16(22(26,27)28)3-11(9-32)7-29-21/h1-7,9-10H,8H2. The third-order valence-electron chi connectivity index (χ3n) is 4.78. The van der Waals surface area contributed by atoms with E-state index >= 15 is 0 Å². The summed E-state index contributed by atoms with van der Waals surface area (Å²) in [7, 11) is 0. The molecule has 0 unspecified atom stereocenters. The Morgan fingerprint density at radius 1 is 1.00 bits per heavy atom. The third kappa shape index (κ3) is 4.47. The highest BCUT2D eigenvalue weighted by molar-refractivity contribution is 5.80. The number of alkyl halides is 3. The molecule has 0 amide bonds. The number of benzene rings is 2. The van der Waals surface area contributed by atoms with Gasteiger partial charge in [-0.3, -0.25) is 9.59 Å². The number of ether oxygens (including phenoxy) is 1. The van der Waals surface area contributed by atoms with E-state index in [-0.39, 0.29) is 28.5 Å². The van der Waals surface area contributed by atoms with Crippen LogP contribution in [-0.4, -0.2) is 20.8 Å². The van der Waals surface area contributed by atoms with Crippen LogP contribution < -0.4 is 10.3 Å². The minimum atomic E-state index is -4.88. The molecule has 2 aromatic carbocycles.